The summed E-state index contributed by atoms with van der Waals surface area (Å²) >= 11 is 0. The number of hydrogen-bond acceptors (Lipinski definition) is 4. The number of benzene rings is 1. The Morgan fingerprint density at radius 1 is 1.32 bits per heavy atom. The summed E-state index contributed by atoms with van der Waals surface area (Å²) in [6, 6.07) is 9.44. The van der Waals surface area contributed by atoms with E-state index in [-0.39, 0.29) is 19.2 Å². The Hall–Kier alpha value is -2.34. The first-order valence-electron chi connectivity index (χ1n) is 7.38. The van der Waals surface area contributed by atoms with Crippen LogP contribution in [0.15, 0.2) is 40.9 Å². The molecular formula is C16H21N3O3. The number of aliphatic hydroxyl groups excluding tert-OH is 1. The van der Waals surface area contributed by atoms with Crippen LogP contribution in [0.5, 0.6) is 0 Å². The number of rotatable bonds is 7. The van der Waals surface area contributed by atoms with Crippen molar-refractivity contribution in [1.29, 1.82) is 0 Å². The van der Waals surface area contributed by atoms with Crippen LogP contribution in [0.3, 0.4) is 0 Å². The number of aliphatic hydroxyl groups is 1. The molecule has 0 fully saturated rings. The average Bonchev–Trinajstić information content (AvgIpc) is 3.02. The predicted molar refractivity (Wildman–Crippen MR) is 83.1 cm³/mol. The number of urea groups is 1. The van der Waals surface area contributed by atoms with Crippen LogP contribution in [0.25, 0.3) is 11.3 Å². The van der Waals surface area contributed by atoms with Crippen molar-refractivity contribution in [3.8, 4) is 11.3 Å². The maximum atomic E-state index is 12.0. The van der Waals surface area contributed by atoms with Crippen LogP contribution in [0.2, 0.25) is 0 Å². The van der Waals surface area contributed by atoms with Crippen molar-refractivity contribution in [3.05, 3.63) is 42.4 Å². The molecule has 1 aromatic heterocycles. The quantitative estimate of drug-likeness (QED) is 0.822. The molecule has 6 heteroatoms. The Morgan fingerprint density at radius 3 is 2.77 bits per heavy atom. The van der Waals surface area contributed by atoms with Gasteiger partial charge in [-0.05, 0) is 6.42 Å². The SMILES string of the molecule is CCCN(CCO)C(=O)NCc1ncc(-c2ccccc2)o1. The van der Waals surface area contributed by atoms with Gasteiger partial charge in [-0.3, -0.25) is 0 Å². The molecule has 6 nitrogen and oxygen atoms in total. The van der Waals surface area contributed by atoms with Gasteiger partial charge in [-0.2, -0.15) is 0 Å². The fraction of sp³-hybridized carbons (Fsp3) is 0.375. The van der Waals surface area contributed by atoms with E-state index in [0.717, 1.165) is 12.0 Å². The van der Waals surface area contributed by atoms with E-state index in [1.54, 1.807) is 11.1 Å². The number of hydrogen-bond donors (Lipinski definition) is 2. The molecule has 2 rings (SSSR count). The van der Waals surface area contributed by atoms with Crippen LogP contribution in [0.4, 0.5) is 4.79 Å². The van der Waals surface area contributed by atoms with Crippen molar-refractivity contribution in [2.45, 2.75) is 19.9 Å². The van der Waals surface area contributed by atoms with Gasteiger partial charge in [-0.1, -0.05) is 37.3 Å². The number of carbonyl (C=O) groups is 1. The van der Waals surface area contributed by atoms with Gasteiger partial charge in [0.15, 0.2) is 5.76 Å². The third-order valence-electron chi connectivity index (χ3n) is 3.15. The zero-order valence-corrected chi connectivity index (χ0v) is 12.7. The van der Waals surface area contributed by atoms with Crippen LogP contribution in [0.1, 0.15) is 19.2 Å². The molecule has 0 unspecified atom stereocenters. The van der Waals surface area contributed by atoms with Gasteiger partial charge in [-0.15, -0.1) is 0 Å². The van der Waals surface area contributed by atoms with E-state index >= 15 is 0 Å². The summed E-state index contributed by atoms with van der Waals surface area (Å²) in [5.41, 5.74) is 0.945. The summed E-state index contributed by atoms with van der Waals surface area (Å²) in [6.07, 6.45) is 2.49. The number of aromatic nitrogens is 1. The Bertz CT molecular complexity index is 577. The molecule has 0 aliphatic carbocycles. The van der Waals surface area contributed by atoms with Crippen molar-refractivity contribution in [2.24, 2.45) is 0 Å². The first kappa shape index (κ1) is 16.0. The number of oxazole rings is 1. The minimum atomic E-state index is -0.227. The minimum Gasteiger partial charge on any atom is -0.439 e. The van der Waals surface area contributed by atoms with Gasteiger partial charge < -0.3 is 19.7 Å². The van der Waals surface area contributed by atoms with Crippen LogP contribution in [-0.2, 0) is 6.54 Å². The normalized spacial score (nSPS) is 10.5. The highest BCUT2D eigenvalue weighted by Crippen LogP contribution is 2.19. The van der Waals surface area contributed by atoms with E-state index in [9.17, 15) is 4.79 Å². The molecule has 2 amide bonds. The highest BCUT2D eigenvalue weighted by atomic mass is 16.4. The second kappa shape index (κ2) is 8.19. The third-order valence-corrected chi connectivity index (χ3v) is 3.15. The van der Waals surface area contributed by atoms with Gasteiger partial charge in [0.05, 0.1) is 19.3 Å². The van der Waals surface area contributed by atoms with Crippen LogP contribution in [0, 0.1) is 0 Å². The summed E-state index contributed by atoms with van der Waals surface area (Å²) in [7, 11) is 0. The van der Waals surface area contributed by atoms with Crippen molar-refractivity contribution >= 4 is 6.03 Å². The Morgan fingerprint density at radius 2 is 2.09 bits per heavy atom. The van der Waals surface area contributed by atoms with Gasteiger partial charge in [-0.25, -0.2) is 9.78 Å². The lowest BCUT2D eigenvalue weighted by Gasteiger charge is -2.20. The minimum absolute atomic E-state index is 0.0510. The zero-order chi connectivity index (χ0) is 15.8. The van der Waals surface area contributed by atoms with Crippen molar-refractivity contribution in [1.82, 2.24) is 15.2 Å². The summed E-state index contributed by atoms with van der Waals surface area (Å²) in [4.78, 5) is 17.7. The topological polar surface area (TPSA) is 78.6 Å². The van der Waals surface area contributed by atoms with E-state index in [1.807, 2.05) is 37.3 Å². The standard InChI is InChI=1S/C16H21N3O3/c1-2-8-19(9-10-20)16(21)18-12-15-17-11-14(22-15)13-6-4-3-5-7-13/h3-7,11,20H,2,8-10,12H2,1H3,(H,18,21). The number of carbonyl (C=O) groups excluding carboxylic acids is 1. The molecular weight excluding hydrogens is 282 g/mol. The van der Waals surface area contributed by atoms with E-state index in [0.29, 0.717) is 24.7 Å². The Balaban J connectivity index is 1.92. The molecule has 0 aliphatic heterocycles. The second-order valence-corrected chi connectivity index (χ2v) is 4.85. The van der Waals surface area contributed by atoms with E-state index in [4.69, 9.17) is 9.52 Å². The van der Waals surface area contributed by atoms with E-state index in [2.05, 4.69) is 10.3 Å². The van der Waals surface area contributed by atoms with Gasteiger partial charge in [0.2, 0.25) is 5.89 Å². The van der Waals surface area contributed by atoms with Crippen molar-refractivity contribution in [3.63, 3.8) is 0 Å². The fourth-order valence-electron chi connectivity index (χ4n) is 2.10. The third kappa shape index (κ3) is 4.33. The molecule has 0 aliphatic rings. The van der Waals surface area contributed by atoms with Crippen LogP contribution in [-0.4, -0.2) is 40.7 Å². The van der Waals surface area contributed by atoms with Gasteiger partial charge in [0.1, 0.15) is 0 Å². The van der Waals surface area contributed by atoms with Crippen LogP contribution < -0.4 is 5.32 Å². The molecule has 0 bridgehead atoms. The molecule has 0 radical (unpaired) electrons. The number of nitrogens with one attached hydrogen (secondary N) is 1. The van der Waals surface area contributed by atoms with E-state index in [1.165, 1.54) is 0 Å². The van der Waals surface area contributed by atoms with Gasteiger partial charge >= 0.3 is 6.03 Å². The molecule has 0 saturated heterocycles. The summed E-state index contributed by atoms with van der Waals surface area (Å²) in [5, 5.41) is 11.7. The first-order valence-corrected chi connectivity index (χ1v) is 7.38. The lowest BCUT2D eigenvalue weighted by Crippen LogP contribution is -2.41. The molecule has 118 valence electrons. The molecule has 2 N–H and O–H groups in total. The van der Waals surface area contributed by atoms with Gasteiger partial charge in [0.25, 0.3) is 0 Å². The fourth-order valence-corrected chi connectivity index (χ4v) is 2.10. The second-order valence-electron chi connectivity index (χ2n) is 4.85. The average molecular weight is 303 g/mol. The maximum absolute atomic E-state index is 12.0. The molecule has 0 atom stereocenters. The highest BCUT2D eigenvalue weighted by molar-refractivity contribution is 5.74. The summed E-state index contributed by atoms with van der Waals surface area (Å²) < 4.78 is 5.63. The Labute approximate surface area is 129 Å². The smallest absolute Gasteiger partial charge is 0.317 e. The van der Waals surface area contributed by atoms with E-state index < -0.39 is 0 Å². The van der Waals surface area contributed by atoms with Gasteiger partial charge in [0, 0.05) is 18.7 Å². The van der Waals surface area contributed by atoms with Crippen LogP contribution >= 0.6 is 0 Å². The molecule has 0 saturated carbocycles. The first-order chi connectivity index (χ1) is 10.7. The lowest BCUT2D eigenvalue weighted by atomic mass is 10.2. The van der Waals surface area contributed by atoms with Crippen molar-refractivity contribution < 1.29 is 14.3 Å². The maximum Gasteiger partial charge on any atom is 0.317 e. The largest absolute Gasteiger partial charge is 0.439 e. The molecule has 1 aromatic carbocycles. The lowest BCUT2D eigenvalue weighted by molar-refractivity contribution is 0.176. The number of nitrogens with zero attached hydrogens (tertiary/aromatic N) is 2. The molecule has 0 spiro atoms. The van der Waals surface area contributed by atoms with Crippen molar-refractivity contribution in [2.75, 3.05) is 19.7 Å². The highest BCUT2D eigenvalue weighted by Gasteiger charge is 2.13. The number of amides is 2. The molecule has 2 aromatic rings. The predicted octanol–water partition coefficient (Wildman–Crippen LogP) is 2.26. The summed E-state index contributed by atoms with van der Waals surface area (Å²) in [6.45, 7) is 3.08. The zero-order valence-electron chi connectivity index (χ0n) is 12.7. The molecule has 1 heterocycles. The Kier molecular flexibility index (Phi) is 5.97. The monoisotopic (exact) mass is 303 g/mol. The molecule has 22 heavy (non-hydrogen) atoms. The summed E-state index contributed by atoms with van der Waals surface area (Å²) in [5.74, 6) is 1.12.